The number of benzene rings is 2. The van der Waals surface area contributed by atoms with Crippen molar-refractivity contribution in [3.8, 4) is 0 Å². The first-order chi connectivity index (χ1) is 16.2. The second kappa shape index (κ2) is 10.2. The maximum Gasteiger partial charge on any atom is 0.293 e. The molecule has 0 aromatic heterocycles. The molecule has 6 heteroatoms. The Balaban J connectivity index is 0.000000122. The molecule has 2 saturated heterocycles. The predicted molar refractivity (Wildman–Crippen MR) is 127 cm³/mol. The lowest BCUT2D eigenvalue weighted by Crippen LogP contribution is -2.44. The van der Waals surface area contributed by atoms with Crippen molar-refractivity contribution in [2.45, 2.75) is 36.3 Å². The second-order valence-corrected chi connectivity index (χ2v) is 9.29. The van der Waals surface area contributed by atoms with E-state index in [0.29, 0.717) is 31.1 Å². The van der Waals surface area contributed by atoms with E-state index < -0.39 is 0 Å². The van der Waals surface area contributed by atoms with Crippen LogP contribution in [-0.4, -0.2) is 58.3 Å². The molecule has 6 nitrogen and oxygen atoms in total. The van der Waals surface area contributed by atoms with E-state index in [1.165, 1.54) is 17.7 Å². The van der Waals surface area contributed by atoms with Gasteiger partial charge in [0.15, 0.2) is 0 Å². The van der Waals surface area contributed by atoms with E-state index in [-0.39, 0.29) is 11.3 Å². The van der Waals surface area contributed by atoms with Crippen molar-refractivity contribution >= 4 is 12.8 Å². The van der Waals surface area contributed by atoms with Crippen LogP contribution in [0.4, 0.5) is 0 Å². The Morgan fingerprint density at radius 3 is 1.82 bits per heavy atom. The summed E-state index contributed by atoms with van der Waals surface area (Å²) in [6, 6.07) is 22.4. The lowest BCUT2D eigenvalue weighted by molar-refractivity contribution is -0.129. The largest absolute Gasteiger partial charge is 0.468 e. The molecule has 2 saturated carbocycles. The topological polar surface area (TPSA) is 76.7 Å². The van der Waals surface area contributed by atoms with Gasteiger partial charge < -0.3 is 24.9 Å². The van der Waals surface area contributed by atoms with Crippen LogP contribution in [0.2, 0.25) is 0 Å². The van der Waals surface area contributed by atoms with Crippen molar-refractivity contribution < 1.29 is 19.1 Å². The Kier molecular flexibility index (Phi) is 7.27. The first-order valence-electron chi connectivity index (χ1n) is 11.7. The van der Waals surface area contributed by atoms with Crippen molar-refractivity contribution in [1.29, 1.82) is 0 Å². The molecule has 4 aliphatic rings. The van der Waals surface area contributed by atoms with E-state index in [2.05, 4.69) is 64.8 Å². The van der Waals surface area contributed by atoms with Gasteiger partial charge in [-0.1, -0.05) is 67.6 Å². The van der Waals surface area contributed by atoms with Crippen LogP contribution in [-0.2, 0) is 29.9 Å². The molecular weight excluding hydrogens is 416 g/mol. The Morgan fingerprint density at radius 2 is 1.45 bits per heavy atom. The third-order valence-corrected chi connectivity index (χ3v) is 7.83. The molecule has 6 rings (SSSR count). The molecule has 2 N–H and O–H groups in total. The molecule has 2 aliphatic carbocycles. The van der Waals surface area contributed by atoms with Gasteiger partial charge in [0.2, 0.25) is 0 Å². The van der Waals surface area contributed by atoms with Gasteiger partial charge >= 0.3 is 0 Å². The average Bonchev–Trinajstić information content (AvgIpc) is 3.50. The minimum absolute atomic E-state index is 0.170. The zero-order chi connectivity index (χ0) is 23.3. The summed E-state index contributed by atoms with van der Waals surface area (Å²) in [4.78, 5) is 20.3. The van der Waals surface area contributed by atoms with Crippen LogP contribution in [0.1, 0.15) is 24.5 Å². The highest BCUT2D eigenvalue weighted by molar-refractivity contribution is 5.70. The number of nitrogens with one attached hydrogen (secondary N) is 2. The Labute approximate surface area is 196 Å². The molecule has 2 aromatic carbocycles. The minimum atomic E-state index is 0.170. The molecule has 0 amide bonds. The molecule has 0 spiro atoms. The zero-order valence-corrected chi connectivity index (χ0v) is 19.4. The van der Waals surface area contributed by atoms with Crippen LogP contribution in [0.15, 0.2) is 60.7 Å². The third-order valence-electron chi connectivity index (χ3n) is 7.83. The summed E-state index contributed by atoms with van der Waals surface area (Å²) in [6.07, 6.45) is 1.87. The summed E-state index contributed by atoms with van der Waals surface area (Å²) in [5.74, 6) is 1.06. The second-order valence-electron chi connectivity index (χ2n) is 9.29. The summed E-state index contributed by atoms with van der Waals surface area (Å²) >= 11 is 0. The standard InChI is InChI=1S/C11H11NO.C11H13N.C5H10O3/c13-6-9-10-11(9,7-12-10)8-4-2-1-3-5-8;1-8-10-11(8,7-12-10)9-5-3-2-4-6-9;1-7-3-2-4-8-5-6/h1-6,9-10,12H,7H2;2-6,8,10,12H,7H2,1H3;5H,2-4H2,1H3. The molecular formula is C27H34N2O4. The van der Waals surface area contributed by atoms with Crippen molar-refractivity contribution in [1.82, 2.24) is 10.6 Å². The van der Waals surface area contributed by atoms with Crippen LogP contribution in [0, 0.1) is 11.8 Å². The van der Waals surface area contributed by atoms with Crippen molar-refractivity contribution in [3.05, 3.63) is 71.8 Å². The van der Waals surface area contributed by atoms with Gasteiger partial charge in [-0.15, -0.1) is 0 Å². The van der Waals surface area contributed by atoms with Crippen LogP contribution < -0.4 is 10.6 Å². The van der Waals surface area contributed by atoms with Gasteiger partial charge in [0.1, 0.15) is 6.29 Å². The van der Waals surface area contributed by atoms with Gasteiger partial charge in [-0.25, -0.2) is 0 Å². The molecule has 0 bridgehead atoms. The summed E-state index contributed by atoms with van der Waals surface area (Å²) in [5, 5.41) is 6.76. The molecule has 6 unspecified atom stereocenters. The molecule has 2 heterocycles. The average molecular weight is 451 g/mol. The Bertz CT molecular complexity index is 918. The van der Waals surface area contributed by atoms with Crippen molar-refractivity contribution in [2.75, 3.05) is 33.4 Å². The molecule has 6 atom stereocenters. The number of carbonyl (C=O) groups is 2. The fourth-order valence-corrected chi connectivity index (χ4v) is 5.61. The molecule has 0 radical (unpaired) electrons. The van der Waals surface area contributed by atoms with Crippen LogP contribution in [0.3, 0.4) is 0 Å². The molecule has 2 aliphatic heterocycles. The first kappa shape index (κ1) is 23.6. The molecule has 33 heavy (non-hydrogen) atoms. The Morgan fingerprint density at radius 1 is 0.879 bits per heavy atom. The highest BCUT2D eigenvalue weighted by Crippen LogP contribution is 2.59. The van der Waals surface area contributed by atoms with Crippen LogP contribution >= 0.6 is 0 Å². The van der Waals surface area contributed by atoms with Crippen molar-refractivity contribution in [3.63, 3.8) is 0 Å². The lowest BCUT2D eigenvalue weighted by atomic mass is 9.89. The SMILES string of the molecule is CC1C2NCC12c1ccccc1.COCCCOC=O.O=CC1C2NCC12c1ccccc1. The van der Waals surface area contributed by atoms with Gasteiger partial charge in [0, 0.05) is 62.1 Å². The quantitative estimate of drug-likeness (QED) is 0.475. The maximum absolute atomic E-state index is 10.8. The van der Waals surface area contributed by atoms with Crippen molar-refractivity contribution in [2.24, 2.45) is 11.8 Å². The number of hydrogen-bond acceptors (Lipinski definition) is 6. The van der Waals surface area contributed by atoms with E-state index in [4.69, 9.17) is 4.74 Å². The summed E-state index contributed by atoms with van der Waals surface area (Å²) < 4.78 is 9.07. The number of ether oxygens (including phenoxy) is 2. The fraction of sp³-hybridized carbons (Fsp3) is 0.481. The first-order valence-corrected chi connectivity index (χ1v) is 11.7. The van der Waals surface area contributed by atoms with Crippen LogP contribution in [0.5, 0.6) is 0 Å². The Hall–Kier alpha value is -2.54. The van der Waals surface area contributed by atoms with Gasteiger partial charge in [-0.05, 0) is 17.0 Å². The van der Waals surface area contributed by atoms with E-state index in [1.807, 2.05) is 18.2 Å². The van der Waals surface area contributed by atoms with Gasteiger partial charge in [0.05, 0.1) is 6.61 Å². The third kappa shape index (κ3) is 4.23. The normalized spacial score (nSPS) is 33.6. The molecule has 2 aromatic rings. The van der Waals surface area contributed by atoms with Crippen LogP contribution in [0.25, 0.3) is 0 Å². The van der Waals surface area contributed by atoms with Gasteiger partial charge in [-0.2, -0.15) is 0 Å². The minimum Gasteiger partial charge on any atom is -0.468 e. The fourth-order valence-electron chi connectivity index (χ4n) is 5.61. The smallest absolute Gasteiger partial charge is 0.293 e. The van der Waals surface area contributed by atoms with E-state index in [0.717, 1.165) is 31.2 Å². The maximum atomic E-state index is 10.8. The summed E-state index contributed by atoms with van der Waals surface area (Å²) in [7, 11) is 1.61. The van der Waals surface area contributed by atoms with Gasteiger partial charge in [0.25, 0.3) is 6.47 Å². The van der Waals surface area contributed by atoms with E-state index in [9.17, 15) is 9.59 Å². The predicted octanol–water partition coefficient (Wildman–Crippen LogP) is 2.47. The zero-order valence-electron chi connectivity index (χ0n) is 19.4. The number of aldehydes is 1. The highest BCUT2D eigenvalue weighted by atomic mass is 16.5. The molecule has 176 valence electrons. The summed E-state index contributed by atoms with van der Waals surface area (Å²) in [5.41, 5.74) is 3.54. The summed E-state index contributed by atoms with van der Waals surface area (Å²) in [6.45, 7) is 6.03. The van der Waals surface area contributed by atoms with Gasteiger partial charge in [-0.3, -0.25) is 4.79 Å². The molecule has 4 fully saturated rings. The number of fused-ring (bicyclic) bond motifs is 2. The monoisotopic (exact) mass is 450 g/mol. The highest BCUT2D eigenvalue weighted by Gasteiger charge is 2.71. The number of methoxy groups -OCH3 is 1. The van der Waals surface area contributed by atoms with E-state index in [1.54, 1.807) is 7.11 Å². The number of carbonyl (C=O) groups excluding carboxylic acids is 2. The lowest BCUT2D eigenvalue weighted by Gasteiger charge is -2.27. The number of rotatable bonds is 8. The number of hydrogen-bond donors (Lipinski definition) is 2. The van der Waals surface area contributed by atoms with E-state index >= 15 is 0 Å².